The largest absolute Gasteiger partial charge is 0.443 e. The number of anilines is 1. The van der Waals surface area contributed by atoms with Crippen LogP contribution in [0.25, 0.3) is 0 Å². The van der Waals surface area contributed by atoms with Crippen LogP contribution in [0.5, 0.6) is 0 Å². The Balaban J connectivity index is 2.20. The topological polar surface area (TPSA) is 55.6 Å². The maximum absolute atomic E-state index is 12.4. The van der Waals surface area contributed by atoms with Crippen molar-refractivity contribution >= 4 is 11.8 Å². The van der Waals surface area contributed by atoms with Crippen molar-refractivity contribution in [1.29, 1.82) is 0 Å². The second-order valence-electron chi connectivity index (χ2n) is 6.76. The first kappa shape index (κ1) is 14.9. The molecule has 0 aromatic heterocycles. The van der Waals surface area contributed by atoms with Gasteiger partial charge in [-0.25, -0.2) is 4.79 Å². The standard InChI is InChI=1S/C16H24N2O2/c1-12-5-7-13(8-6-12)18(11-16(17)9-10-16)14(19)20-15(2,3)4/h5-8H,9-11,17H2,1-4H3. The lowest BCUT2D eigenvalue weighted by molar-refractivity contribution is 0.0577. The minimum absolute atomic E-state index is 0.248. The van der Waals surface area contributed by atoms with Gasteiger partial charge in [-0.2, -0.15) is 0 Å². The summed E-state index contributed by atoms with van der Waals surface area (Å²) in [5.74, 6) is 0. The number of hydrogen-bond donors (Lipinski definition) is 1. The Labute approximate surface area is 120 Å². The summed E-state index contributed by atoms with van der Waals surface area (Å²) in [5.41, 5.74) is 7.40. The molecule has 2 N–H and O–H groups in total. The quantitative estimate of drug-likeness (QED) is 0.922. The summed E-state index contributed by atoms with van der Waals surface area (Å²) in [7, 11) is 0. The van der Waals surface area contributed by atoms with Gasteiger partial charge in [-0.1, -0.05) is 17.7 Å². The van der Waals surface area contributed by atoms with E-state index in [1.165, 1.54) is 0 Å². The van der Waals surface area contributed by atoms with Crippen molar-refractivity contribution in [2.45, 2.75) is 51.7 Å². The van der Waals surface area contributed by atoms with Gasteiger partial charge in [0.05, 0.1) is 0 Å². The van der Waals surface area contributed by atoms with E-state index in [-0.39, 0.29) is 11.6 Å². The predicted molar refractivity (Wildman–Crippen MR) is 80.9 cm³/mol. The molecule has 1 saturated carbocycles. The van der Waals surface area contributed by atoms with E-state index in [4.69, 9.17) is 10.5 Å². The zero-order chi connectivity index (χ0) is 15.0. The van der Waals surface area contributed by atoms with Crippen LogP contribution in [0.4, 0.5) is 10.5 Å². The molecular formula is C16H24N2O2. The molecule has 0 aliphatic heterocycles. The highest BCUT2D eigenvalue weighted by atomic mass is 16.6. The van der Waals surface area contributed by atoms with Crippen molar-refractivity contribution in [3.63, 3.8) is 0 Å². The third kappa shape index (κ3) is 3.97. The van der Waals surface area contributed by atoms with Crippen LogP contribution in [0.2, 0.25) is 0 Å². The molecule has 0 bridgehead atoms. The van der Waals surface area contributed by atoms with Gasteiger partial charge in [0.1, 0.15) is 5.60 Å². The molecule has 0 unspecified atom stereocenters. The Hall–Kier alpha value is -1.55. The fraction of sp³-hybridized carbons (Fsp3) is 0.562. The second kappa shape index (κ2) is 5.09. The molecule has 4 heteroatoms. The van der Waals surface area contributed by atoms with Crippen LogP contribution < -0.4 is 10.6 Å². The van der Waals surface area contributed by atoms with Crippen molar-refractivity contribution in [2.75, 3.05) is 11.4 Å². The van der Waals surface area contributed by atoms with E-state index in [0.717, 1.165) is 24.1 Å². The van der Waals surface area contributed by atoms with E-state index in [9.17, 15) is 4.79 Å². The fourth-order valence-corrected chi connectivity index (χ4v) is 1.94. The lowest BCUT2D eigenvalue weighted by atomic mass is 10.2. The average molecular weight is 276 g/mol. The zero-order valence-electron chi connectivity index (χ0n) is 12.8. The van der Waals surface area contributed by atoms with Gasteiger partial charge in [-0.15, -0.1) is 0 Å². The van der Waals surface area contributed by atoms with Crippen molar-refractivity contribution in [3.05, 3.63) is 29.8 Å². The predicted octanol–water partition coefficient (Wildman–Crippen LogP) is 3.23. The Morgan fingerprint density at radius 2 is 1.85 bits per heavy atom. The Bertz CT molecular complexity index is 484. The van der Waals surface area contributed by atoms with Crippen LogP contribution >= 0.6 is 0 Å². The van der Waals surface area contributed by atoms with Crippen molar-refractivity contribution in [1.82, 2.24) is 0 Å². The summed E-state index contributed by atoms with van der Waals surface area (Å²) in [4.78, 5) is 14.0. The first-order valence-corrected chi connectivity index (χ1v) is 7.05. The van der Waals surface area contributed by atoms with Crippen molar-refractivity contribution < 1.29 is 9.53 Å². The Morgan fingerprint density at radius 3 is 2.30 bits per heavy atom. The van der Waals surface area contributed by atoms with Crippen LogP contribution in [0.1, 0.15) is 39.2 Å². The molecule has 1 aromatic carbocycles. The van der Waals surface area contributed by atoms with Gasteiger partial charge in [-0.05, 0) is 52.7 Å². The lowest BCUT2D eigenvalue weighted by Gasteiger charge is -2.29. The molecule has 0 saturated heterocycles. The third-order valence-corrected chi connectivity index (χ3v) is 3.32. The van der Waals surface area contributed by atoms with Crippen LogP contribution in [0.3, 0.4) is 0 Å². The van der Waals surface area contributed by atoms with Gasteiger partial charge in [-0.3, -0.25) is 4.90 Å². The van der Waals surface area contributed by atoms with Gasteiger partial charge in [0.2, 0.25) is 0 Å². The maximum Gasteiger partial charge on any atom is 0.414 e. The monoisotopic (exact) mass is 276 g/mol. The maximum atomic E-state index is 12.4. The minimum Gasteiger partial charge on any atom is -0.443 e. The smallest absolute Gasteiger partial charge is 0.414 e. The second-order valence-corrected chi connectivity index (χ2v) is 6.76. The molecule has 1 aliphatic carbocycles. The summed E-state index contributed by atoms with van der Waals surface area (Å²) in [6.45, 7) is 8.13. The molecule has 0 radical (unpaired) electrons. The SMILES string of the molecule is Cc1ccc(N(CC2(N)CC2)C(=O)OC(C)(C)C)cc1. The highest BCUT2D eigenvalue weighted by Gasteiger charge is 2.42. The molecule has 2 rings (SSSR count). The lowest BCUT2D eigenvalue weighted by Crippen LogP contribution is -2.45. The van der Waals surface area contributed by atoms with Crippen molar-refractivity contribution in [2.24, 2.45) is 5.73 Å². The first-order valence-electron chi connectivity index (χ1n) is 7.05. The molecule has 4 nitrogen and oxygen atoms in total. The molecule has 1 aromatic rings. The molecule has 1 fully saturated rings. The van der Waals surface area contributed by atoms with Gasteiger partial charge in [0.15, 0.2) is 0 Å². The summed E-state index contributed by atoms with van der Waals surface area (Å²) < 4.78 is 5.49. The van der Waals surface area contributed by atoms with Crippen LogP contribution in [0, 0.1) is 6.92 Å². The molecular weight excluding hydrogens is 252 g/mol. The molecule has 20 heavy (non-hydrogen) atoms. The van der Waals surface area contributed by atoms with E-state index in [2.05, 4.69) is 0 Å². The van der Waals surface area contributed by atoms with Crippen LogP contribution in [-0.4, -0.2) is 23.8 Å². The first-order chi connectivity index (χ1) is 9.19. The molecule has 0 atom stereocenters. The third-order valence-electron chi connectivity index (χ3n) is 3.32. The average Bonchev–Trinajstić information content (AvgIpc) is 3.04. The van der Waals surface area contributed by atoms with E-state index in [0.29, 0.717) is 6.54 Å². The molecule has 0 spiro atoms. The number of nitrogens with two attached hydrogens (primary N) is 1. The highest BCUT2D eigenvalue weighted by molar-refractivity contribution is 5.88. The van der Waals surface area contributed by atoms with Gasteiger partial charge >= 0.3 is 6.09 Å². The number of nitrogens with zero attached hydrogens (tertiary/aromatic N) is 1. The number of ether oxygens (including phenoxy) is 1. The molecule has 1 aliphatic rings. The highest BCUT2D eigenvalue weighted by Crippen LogP contribution is 2.34. The van der Waals surface area contributed by atoms with E-state index < -0.39 is 5.60 Å². The van der Waals surface area contributed by atoms with E-state index in [1.54, 1.807) is 4.90 Å². The number of aryl methyl sites for hydroxylation is 1. The van der Waals surface area contributed by atoms with E-state index >= 15 is 0 Å². The number of rotatable bonds is 3. The van der Waals surface area contributed by atoms with Gasteiger partial charge < -0.3 is 10.5 Å². The fourth-order valence-electron chi connectivity index (χ4n) is 1.94. The number of carbonyl (C=O) groups excluding carboxylic acids is 1. The number of carbonyl (C=O) groups is 1. The van der Waals surface area contributed by atoms with Gasteiger partial charge in [0.25, 0.3) is 0 Å². The zero-order valence-corrected chi connectivity index (χ0v) is 12.8. The normalized spacial score (nSPS) is 16.6. The van der Waals surface area contributed by atoms with Crippen molar-refractivity contribution in [3.8, 4) is 0 Å². The minimum atomic E-state index is -0.509. The molecule has 110 valence electrons. The Kier molecular flexibility index (Phi) is 3.78. The number of hydrogen-bond acceptors (Lipinski definition) is 3. The number of benzene rings is 1. The summed E-state index contributed by atoms with van der Waals surface area (Å²) in [6.07, 6.45) is 1.58. The summed E-state index contributed by atoms with van der Waals surface area (Å²) in [6, 6.07) is 7.85. The Morgan fingerprint density at radius 1 is 1.30 bits per heavy atom. The molecule has 1 amide bonds. The van der Waals surface area contributed by atoms with Crippen LogP contribution in [-0.2, 0) is 4.74 Å². The van der Waals surface area contributed by atoms with Crippen LogP contribution in [0.15, 0.2) is 24.3 Å². The molecule has 0 heterocycles. The van der Waals surface area contributed by atoms with E-state index in [1.807, 2.05) is 52.0 Å². The van der Waals surface area contributed by atoms with Gasteiger partial charge in [0, 0.05) is 17.8 Å². The number of amides is 1. The summed E-state index contributed by atoms with van der Waals surface area (Å²) in [5, 5.41) is 0. The summed E-state index contributed by atoms with van der Waals surface area (Å²) >= 11 is 0.